The quantitative estimate of drug-likeness (QED) is 0.528. The molecule has 1 nitrogen and oxygen atoms in total. The average Bonchev–Trinajstić information content (AvgIpc) is 2.00. The van der Waals surface area contributed by atoms with Crippen LogP contribution in [0.3, 0.4) is 0 Å². The number of hydrogen-bond donors (Lipinski definition) is 0. The van der Waals surface area contributed by atoms with Gasteiger partial charge in [-0.3, -0.25) is 0 Å². The molecule has 0 saturated carbocycles. The monoisotopic (exact) mass is 295 g/mol. The average molecular weight is 294 g/mol. The maximum absolute atomic E-state index is 6.10. The minimum atomic E-state index is -1.49. The molecule has 0 N–H and O–H groups in total. The zero-order valence-electron chi connectivity index (χ0n) is 11.2. The standard InChI is InChI=1S/C12H27OSeSi/c1-11(14)9-7-8-10-13-15(5,6)12(2,3)4/h11H,7-10H2,1-6H3/t11-/m1/s1. The molecule has 1 atom stereocenters. The Morgan fingerprint density at radius 1 is 1.20 bits per heavy atom. The number of rotatable bonds is 6. The van der Waals surface area contributed by atoms with Gasteiger partial charge < -0.3 is 0 Å². The molecule has 0 bridgehead atoms. The van der Waals surface area contributed by atoms with Crippen molar-refractivity contribution in [1.29, 1.82) is 0 Å². The van der Waals surface area contributed by atoms with E-state index in [-0.39, 0.29) is 0 Å². The van der Waals surface area contributed by atoms with Crippen LogP contribution in [-0.4, -0.2) is 30.9 Å². The fourth-order valence-corrected chi connectivity index (χ4v) is 2.52. The van der Waals surface area contributed by atoms with Gasteiger partial charge in [0.1, 0.15) is 0 Å². The van der Waals surface area contributed by atoms with E-state index in [1.54, 1.807) is 0 Å². The Labute approximate surface area is 105 Å². The van der Waals surface area contributed by atoms with Gasteiger partial charge in [0.15, 0.2) is 0 Å². The van der Waals surface area contributed by atoms with E-state index in [9.17, 15) is 0 Å². The van der Waals surface area contributed by atoms with Gasteiger partial charge in [0, 0.05) is 0 Å². The number of hydrogen-bond acceptors (Lipinski definition) is 1. The van der Waals surface area contributed by atoms with E-state index in [0.29, 0.717) is 9.85 Å². The molecule has 0 spiro atoms. The summed E-state index contributed by atoms with van der Waals surface area (Å²) in [6.45, 7) is 14.7. The van der Waals surface area contributed by atoms with Crippen LogP contribution in [0.25, 0.3) is 0 Å². The van der Waals surface area contributed by atoms with Crippen LogP contribution in [0.5, 0.6) is 0 Å². The molecule has 0 aromatic rings. The molecule has 0 rings (SSSR count). The molecule has 15 heavy (non-hydrogen) atoms. The fraction of sp³-hybridized carbons (Fsp3) is 1.00. The Kier molecular flexibility index (Phi) is 6.74. The van der Waals surface area contributed by atoms with Gasteiger partial charge in [-0.25, -0.2) is 0 Å². The van der Waals surface area contributed by atoms with Crippen molar-refractivity contribution in [2.24, 2.45) is 0 Å². The molecular weight excluding hydrogens is 267 g/mol. The first-order chi connectivity index (χ1) is 6.67. The molecule has 3 heteroatoms. The second-order valence-electron chi connectivity index (χ2n) is 5.92. The Morgan fingerprint density at radius 2 is 1.73 bits per heavy atom. The molecule has 0 saturated heterocycles. The van der Waals surface area contributed by atoms with Gasteiger partial charge in [-0.15, -0.1) is 0 Å². The first-order valence-electron chi connectivity index (χ1n) is 5.96. The molecule has 0 aromatic carbocycles. The molecule has 0 aliphatic carbocycles. The van der Waals surface area contributed by atoms with Crippen LogP contribution >= 0.6 is 0 Å². The Morgan fingerprint density at radius 3 is 2.13 bits per heavy atom. The van der Waals surface area contributed by atoms with Crippen molar-refractivity contribution < 1.29 is 4.43 Å². The van der Waals surface area contributed by atoms with Crippen LogP contribution < -0.4 is 0 Å². The van der Waals surface area contributed by atoms with E-state index in [0.717, 1.165) is 6.61 Å². The van der Waals surface area contributed by atoms with Crippen LogP contribution in [0.15, 0.2) is 0 Å². The number of unbranched alkanes of at least 4 members (excludes halogenated alkanes) is 1. The third-order valence-corrected chi connectivity index (χ3v) is 8.31. The fourth-order valence-electron chi connectivity index (χ4n) is 1.08. The molecule has 91 valence electrons. The van der Waals surface area contributed by atoms with Crippen LogP contribution in [-0.2, 0) is 4.43 Å². The van der Waals surface area contributed by atoms with Gasteiger partial charge in [0.05, 0.1) is 0 Å². The van der Waals surface area contributed by atoms with Gasteiger partial charge in [0.2, 0.25) is 0 Å². The Bertz CT molecular complexity index is 173. The molecule has 0 fully saturated rings. The molecule has 0 amide bonds. The zero-order valence-corrected chi connectivity index (χ0v) is 13.9. The van der Waals surface area contributed by atoms with Crippen molar-refractivity contribution in [3.63, 3.8) is 0 Å². The van der Waals surface area contributed by atoms with Crippen LogP contribution in [0, 0.1) is 0 Å². The van der Waals surface area contributed by atoms with Crippen molar-refractivity contribution in [3.8, 4) is 0 Å². The van der Waals surface area contributed by atoms with Crippen molar-refractivity contribution in [3.05, 3.63) is 0 Å². The maximum atomic E-state index is 6.10. The van der Waals surface area contributed by atoms with E-state index in [2.05, 4.69) is 56.8 Å². The van der Waals surface area contributed by atoms with Gasteiger partial charge in [-0.2, -0.15) is 0 Å². The summed E-state index contributed by atoms with van der Waals surface area (Å²) in [6.07, 6.45) is 3.77. The summed E-state index contributed by atoms with van der Waals surface area (Å²) in [5, 5.41) is 0.346. The first kappa shape index (κ1) is 15.7. The van der Waals surface area contributed by atoms with Crippen molar-refractivity contribution in [1.82, 2.24) is 0 Å². The summed E-state index contributed by atoms with van der Waals surface area (Å²) in [7, 11) is -1.49. The van der Waals surface area contributed by atoms with Crippen molar-refractivity contribution in [2.75, 3.05) is 6.61 Å². The van der Waals surface area contributed by atoms with Crippen LogP contribution in [0.2, 0.25) is 22.9 Å². The summed E-state index contributed by atoms with van der Waals surface area (Å²) < 4.78 is 6.10. The van der Waals surface area contributed by atoms with Gasteiger partial charge in [-0.1, -0.05) is 0 Å². The zero-order chi connectivity index (χ0) is 12.1. The molecule has 0 heterocycles. The minimum absolute atomic E-state index is 0.346. The summed E-state index contributed by atoms with van der Waals surface area (Å²) in [5.74, 6) is 0. The summed E-state index contributed by atoms with van der Waals surface area (Å²) in [6, 6.07) is 0. The molecule has 0 aromatic heterocycles. The molecule has 0 aliphatic rings. The third-order valence-electron chi connectivity index (χ3n) is 3.27. The molecule has 0 unspecified atom stereocenters. The normalized spacial score (nSPS) is 15.4. The summed E-state index contributed by atoms with van der Waals surface area (Å²) >= 11 is 3.14. The topological polar surface area (TPSA) is 9.23 Å². The van der Waals surface area contributed by atoms with E-state index in [4.69, 9.17) is 4.43 Å². The predicted molar refractivity (Wildman–Crippen MR) is 72.2 cm³/mol. The van der Waals surface area contributed by atoms with E-state index in [1.165, 1.54) is 19.3 Å². The Hall–Kier alpha value is 0.696. The van der Waals surface area contributed by atoms with E-state index < -0.39 is 8.32 Å². The second-order valence-corrected chi connectivity index (χ2v) is 12.4. The molecule has 0 aliphatic heterocycles. The summed E-state index contributed by atoms with van der Waals surface area (Å²) in [4.78, 5) is 0.706. The second kappa shape index (κ2) is 6.44. The van der Waals surface area contributed by atoms with Gasteiger partial charge >= 0.3 is 105 Å². The SMILES string of the molecule is C[C@@H]([Se])CCCCO[Si](C)(C)C(C)(C)C. The van der Waals surface area contributed by atoms with Crippen LogP contribution in [0.1, 0.15) is 47.0 Å². The molecular formula is C12H27OSeSi. The Balaban J connectivity index is 3.68. The third kappa shape index (κ3) is 6.78. The van der Waals surface area contributed by atoms with Crippen molar-refractivity contribution in [2.45, 2.75) is 69.9 Å². The van der Waals surface area contributed by atoms with Crippen LogP contribution in [0.4, 0.5) is 0 Å². The van der Waals surface area contributed by atoms with E-state index in [1.807, 2.05) is 0 Å². The predicted octanol–water partition coefficient (Wildman–Crippen LogP) is 4.16. The summed E-state index contributed by atoms with van der Waals surface area (Å²) in [5.41, 5.74) is 0. The molecule has 1 radical (unpaired) electrons. The van der Waals surface area contributed by atoms with Crippen molar-refractivity contribution >= 4 is 24.3 Å². The van der Waals surface area contributed by atoms with E-state index >= 15 is 0 Å². The first-order valence-corrected chi connectivity index (χ1v) is 9.86. The van der Waals surface area contributed by atoms with Gasteiger partial charge in [-0.05, 0) is 0 Å². The van der Waals surface area contributed by atoms with Gasteiger partial charge in [0.25, 0.3) is 0 Å².